The lowest BCUT2D eigenvalue weighted by molar-refractivity contribution is 0.0996. The Balaban J connectivity index is 2.85. The summed E-state index contributed by atoms with van der Waals surface area (Å²) in [5.74, 6) is -0.135. The van der Waals surface area contributed by atoms with Crippen LogP contribution in [0.4, 0.5) is 0 Å². The summed E-state index contributed by atoms with van der Waals surface area (Å²) in [5.41, 5.74) is 6.40. The van der Waals surface area contributed by atoms with Gasteiger partial charge in [0.1, 0.15) is 5.69 Å². The van der Waals surface area contributed by atoms with Crippen molar-refractivity contribution in [3.63, 3.8) is 0 Å². The molecule has 0 fully saturated rings. The van der Waals surface area contributed by atoms with Crippen LogP contribution in [0.15, 0.2) is 6.07 Å². The summed E-state index contributed by atoms with van der Waals surface area (Å²) < 4.78 is 0. The Hall–Kier alpha value is -1.16. The number of hydrogen-bond donors (Lipinski definition) is 2. The lowest BCUT2D eigenvalue weighted by Gasteiger charge is -1.85. The summed E-state index contributed by atoms with van der Waals surface area (Å²) in [6, 6.07) is 1.68. The van der Waals surface area contributed by atoms with Gasteiger partial charge in [0.15, 0.2) is 5.78 Å². The molecule has 0 aliphatic heterocycles. The Morgan fingerprint density at radius 2 is 2.60 bits per heavy atom. The predicted molar refractivity (Wildman–Crippen MR) is 36.7 cm³/mol. The van der Waals surface area contributed by atoms with Gasteiger partial charge in [-0.1, -0.05) is 0 Å². The van der Waals surface area contributed by atoms with Crippen molar-refractivity contribution in [3.05, 3.63) is 17.5 Å². The highest BCUT2D eigenvalue weighted by atomic mass is 16.1. The number of hydrogen-bond acceptors (Lipinski definition) is 3. The fourth-order valence-electron chi connectivity index (χ4n) is 0.665. The molecule has 3 N–H and O–H groups in total. The van der Waals surface area contributed by atoms with E-state index in [-0.39, 0.29) is 12.3 Å². The van der Waals surface area contributed by atoms with Crippen molar-refractivity contribution in [1.82, 2.24) is 10.2 Å². The van der Waals surface area contributed by atoms with Crippen LogP contribution in [-0.4, -0.2) is 22.5 Å². The first-order chi connectivity index (χ1) is 4.74. The topological polar surface area (TPSA) is 71.8 Å². The number of carbonyl (C=O) groups excluding carboxylic acids is 1. The molecule has 54 valence electrons. The van der Waals surface area contributed by atoms with E-state index in [0.717, 1.165) is 5.69 Å². The van der Waals surface area contributed by atoms with Crippen LogP contribution in [0.1, 0.15) is 16.2 Å². The number of ketones is 1. The van der Waals surface area contributed by atoms with E-state index < -0.39 is 0 Å². The van der Waals surface area contributed by atoms with E-state index in [2.05, 4.69) is 10.2 Å². The van der Waals surface area contributed by atoms with Gasteiger partial charge in [0.25, 0.3) is 0 Å². The van der Waals surface area contributed by atoms with E-state index in [1.807, 2.05) is 6.92 Å². The van der Waals surface area contributed by atoms with Crippen LogP contribution in [0.2, 0.25) is 0 Å². The zero-order chi connectivity index (χ0) is 7.56. The lowest BCUT2D eigenvalue weighted by Crippen LogP contribution is -2.13. The highest BCUT2D eigenvalue weighted by Gasteiger charge is 2.05. The third-order valence-corrected chi connectivity index (χ3v) is 1.18. The number of nitrogens with zero attached hydrogens (tertiary/aromatic N) is 1. The largest absolute Gasteiger partial charge is 0.324 e. The monoisotopic (exact) mass is 139 g/mol. The average Bonchev–Trinajstić information content (AvgIpc) is 2.34. The van der Waals surface area contributed by atoms with E-state index in [4.69, 9.17) is 5.73 Å². The van der Waals surface area contributed by atoms with Crippen molar-refractivity contribution >= 4 is 5.78 Å². The van der Waals surface area contributed by atoms with Gasteiger partial charge in [0.05, 0.1) is 6.54 Å². The molecule has 4 nitrogen and oxygen atoms in total. The molecule has 10 heavy (non-hydrogen) atoms. The maximum atomic E-state index is 10.8. The number of carbonyl (C=O) groups is 1. The van der Waals surface area contributed by atoms with Crippen LogP contribution in [0.3, 0.4) is 0 Å². The van der Waals surface area contributed by atoms with Gasteiger partial charge in [-0.15, -0.1) is 0 Å². The minimum Gasteiger partial charge on any atom is -0.324 e. The van der Waals surface area contributed by atoms with Crippen molar-refractivity contribution in [3.8, 4) is 0 Å². The molecule has 1 aromatic rings. The highest BCUT2D eigenvalue weighted by Crippen LogP contribution is 1.96. The fraction of sp³-hybridized carbons (Fsp3) is 0.333. The molecule has 0 amide bonds. The summed E-state index contributed by atoms with van der Waals surface area (Å²) in [4.78, 5) is 10.8. The Morgan fingerprint density at radius 3 is 3.00 bits per heavy atom. The second-order valence-electron chi connectivity index (χ2n) is 2.06. The second-order valence-corrected chi connectivity index (χ2v) is 2.06. The van der Waals surface area contributed by atoms with Crippen LogP contribution in [0.25, 0.3) is 0 Å². The van der Waals surface area contributed by atoms with Crippen LogP contribution in [0, 0.1) is 6.92 Å². The Kier molecular flexibility index (Phi) is 1.82. The molecule has 0 spiro atoms. The van der Waals surface area contributed by atoms with Crippen LogP contribution in [0.5, 0.6) is 0 Å². The number of Topliss-reactive ketones (excluding diaryl/α,β-unsaturated/α-hetero) is 1. The molecule has 0 saturated carbocycles. The number of aromatic nitrogens is 2. The molecule has 0 bridgehead atoms. The Bertz CT molecular complexity index is 241. The summed E-state index contributed by atoms with van der Waals surface area (Å²) in [6.07, 6.45) is 0. The first-order valence-electron chi connectivity index (χ1n) is 2.99. The molecule has 0 saturated heterocycles. The van der Waals surface area contributed by atoms with E-state index >= 15 is 0 Å². The fourth-order valence-corrected chi connectivity index (χ4v) is 0.665. The normalized spacial score (nSPS) is 9.80. The zero-order valence-electron chi connectivity index (χ0n) is 5.72. The van der Waals surface area contributed by atoms with Crippen molar-refractivity contribution in [2.75, 3.05) is 6.54 Å². The molecule has 0 aliphatic carbocycles. The molecule has 0 radical (unpaired) electrons. The van der Waals surface area contributed by atoms with Gasteiger partial charge in [-0.3, -0.25) is 9.89 Å². The van der Waals surface area contributed by atoms with Crippen LogP contribution < -0.4 is 5.73 Å². The molecule has 0 atom stereocenters. The molecule has 0 aliphatic rings. The summed E-state index contributed by atoms with van der Waals surface area (Å²) >= 11 is 0. The molecular formula is C6H9N3O. The van der Waals surface area contributed by atoms with Crippen molar-refractivity contribution in [1.29, 1.82) is 0 Å². The van der Waals surface area contributed by atoms with Gasteiger partial charge < -0.3 is 5.73 Å². The molecule has 1 aromatic heterocycles. The lowest BCUT2D eigenvalue weighted by atomic mass is 10.3. The maximum absolute atomic E-state index is 10.8. The molecule has 1 heterocycles. The second kappa shape index (κ2) is 2.62. The smallest absolute Gasteiger partial charge is 0.196 e. The SMILES string of the molecule is Cc1cc(C(=O)CN)n[nH]1. The quantitative estimate of drug-likeness (QED) is 0.560. The first kappa shape index (κ1) is 6.95. The van der Waals surface area contributed by atoms with Gasteiger partial charge in [-0.05, 0) is 13.0 Å². The van der Waals surface area contributed by atoms with Crippen LogP contribution in [-0.2, 0) is 0 Å². The summed E-state index contributed by atoms with van der Waals surface area (Å²) in [7, 11) is 0. The zero-order valence-corrected chi connectivity index (χ0v) is 5.72. The van der Waals surface area contributed by atoms with Gasteiger partial charge in [0, 0.05) is 5.69 Å². The minimum absolute atomic E-state index is 0.0181. The molecule has 0 unspecified atom stereocenters. The Morgan fingerprint density at radius 1 is 1.90 bits per heavy atom. The predicted octanol–water partition coefficient (Wildman–Crippen LogP) is -0.140. The number of aryl methyl sites for hydroxylation is 1. The average molecular weight is 139 g/mol. The number of rotatable bonds is 2. The summed E-state index contributed by atoms with van der Waals surface area (Å²) in [6.45, 7) is 1.85. The standard InChI is InChI=1S/C6H9N3O/c1-4-2-5(9-8-4)6(10)3-7/h2H,3,7H2,1H3,(H,8,9). The van der Waals surface area contributed by atoms with E-state index in [0.29, 0.717) is 5.69 Å². The van der Waals surface area contributed by atoms with Crippen molar-refractivity contribution in [2.45, 2.75) is 6.92 Å². The van der Waals surface area contributed by atoms with E-state index in [1.165, 1.54) is 0 Å². The highest BCUT2D eigenvalue weighted by molar-refractivity contribution is 5.95. The van der Waals surface area contributed by atoms with Crippen molar-refractivity contribution in [2.24, 2.45) is 5.73 Å². The number of nitrogens with one attached hydrogen (secondary N) is 1. The Labute approximate surface area is 58.4 Å². The molecule has 1 rings (SSSR count). The number of H-pyrrole nitrogens is 1. The molecule has 0 aromatic carbocycles. The van der Waals surface area contributed by atoms with Crippen molar-refractivity contribution < 1.29 is 4.79 Å². The van der Waals surface area contributed by atoms with Gasteiger partial charge in [-0.25, -0.2) is 0 Å². The minimum atomic E-state index is -0.135. The van der Waals surface area contributed by atoms with Crippen LogP contribution >= 0.6 is 0 Å². The van der Waals surface area contributed by atoms with Gasteiger partial charge >= 0.3 is 0 Å². The van der Waals surface area contributed by atoms with E-state index in [9.17, 15) is 4.79 Å². The first-order valence-corrected chi connectivity index (χ1v) is 2.99. The third-order valence-electron chi connectivity index (χ3n) is 1.18. The third kappa shape index (κ3) is 1.22. The maximum Gasteiger partial charge on any atom is 0.196 e. The molecular weight excluding hydrogens is 130 g/mol. The number of nitrogens with two attached hydrogens (primary N) is 1. The number of aromatic amines is 1. The van der Waals surface area contributed by atoms with Gasteiger partial charge in [0.2, 0.25) is 0 Å². The summed E-state index contributed by atoms with van der Waals surface area (Å²) in [5, 5.41) is 6.39. The van der Waals surface area contributed by atoms with Gasteiger partial charge in [-0.2, -0.15) is 5.10 Å². The van der Waals surface area contributed by atoms with E-state index in [1.54, 1.807) is 6.07 Å². The molecule has 4 heteroatoms.